The summed E-state index contributed by atoms with van der Waals surface area (Å²) in [4.78, 5) is 0. The zero-order valence-electron chi connectivity index (χ0n) is 54.3. The van der Waals surface area contributed by atoms with Crippen molar-refractivity contribution >= 4 is 10.8 Å². The molecule has 11 aliphatic carbocycles. The quantitative estimate of drug-likeness (QED) is 0.0378. The third-order valence-corrected chi connectivity index (χ3v) is 27.8. The molecule has 15 aliphatic rings. The van der Waals surface area contributed by atoms with Gasteiger partial charge in [-0.25, -0.2) is 0 Å². The van der Waals surface area contributed by atoms with Crippen molar-refractivity contribution in [3.8, 4) is 63.2 Å². The molecule has 5 aromatic rings. The second-order valence-electron chi connectivity index (χ2n) is 31.6. The minimum atomic E-state index is -1.09. The topological polar surface area (TPSA) is 181 Å². The Kier molecular flexibility index (Phi) is 14.3. The first-order valence-corrected chi connectivity index (χ1v) is 36.3. The highest BCUT2D eigenvalue weighted by molar-refractivity contribution is 5.96. The first-order valence-electron chi connectivity index (χ1n) is 36.3. The summed E-state index contributed by atoms with van der Waals surface area (Å²) in [6, 6.07) is 22.7. The van der Waals surface area contributed by atoms with Gasteiger partial charge in [0, 0.05) is 77.8 Å². The van der Waals surface area contributed by atoms with Crippen LogP contribution >= 0.6 is 0 Å². The van der Waals surface area contributed by atoms with Gasteiger partial charge in [-0.3, -0.25) is 10.6 Å². The lowest BCUT2D eigenvalue weighted by molar-refractivity contribution is -0.213. The van der Waals surface area contributed by atoms with Crippen LogP contribution in [0.5, 0.6) is 40.2 Å². The number of ether oxygens (including phenoxy) is 6. The molecule has 93 heavy (non-hydrogen) atoms. The highest BCUT2D eigenvalue weighted by Gasteiger charge is 2.82. The van der Waals surface area contributed by atoms with Crippen LogP contribution < -0.4 is 29.6 Å². The van der Waals surface area contributed by atoms with E-state index in [9.17, 15) is 25.5 Å². The van der Waals surface area contributed by atoms with Crippen LogP contribution in [0.2, 0.25) is 0 Å². The average molecular weight is 1260 g/mol. The first-order chi connectivity index (χ1) is 45.4. The molecule has 1 saturated heterocycles. The molecule has 8 bridgehead atoms. The molecule has 13 heteroatoms. The number of aromatic hydroxyl groups is 3. The van der Waals surface area contributed by atoms with E-state index in [4.69, 9.17) is 33.7 Å². The van der Waals surface area contributed by atoms with E-state index < -0.39 is 47.9 Å². The monoisotopic (exact) mass is 1260 g/mol. The Bertz CT molecular complexity index is 3880. The summed E-state index contributed by atoms with van der Waals surface area (Å²) in [7, 11) is 1.74. The Morgan fingerprint density at radius 3 is 2.48 bits per heavy atom. The van der Waals surface area contributed by atoms with E-state index >= 15 is 0 Å². The van der Waals surface area contributed by atoms with Crippen LogP contribution in [0.4, 0.5) is 0 Å². The minimum Gasteiger partial charge on any atom is -0.508 e. The predicted molar refractivity (Wildman–Crippen MR) is 354 cm³/mol. The number of hydrogen-bond donors (Lipinski definition) is 7. The molecule has 5 spiro atoms. The lowest BCUT2D eigenvalue weighted by atomic mass is 9.48. The molecular weight excluding hydrogens is 1160 g/mol. The van der Waals surface area contributed by atoms with Crippen LogP contribution in [0.25, 0.3) is 21.9 Å². The maximum Gasteiger partial charge on any atom is 0.149 e. The zero-order valence-corrected chi connectivity index (χ0v) is 54.3. The molecule has 9 saturated carbocycles. The van der Waals surface area contributed by atoms with Crippen molar-refractivity contribution in [2.75, 3.05) is 33.5 Å². The average Bonchev–Trinajstić information content (AvgIpc) is 1.48. The van der Waals surface area contributed by atoms with Crippen LogP contribution in [0.15, 0.2) is 84.9 Å². The van der Waals surface area contributed by atoms with E-state index in [0.717, 1.165) is 82.7 Å². The number of fused-ring (bicyclic) bond motifs is 7. The van der Waals surface area contributed by atoms with Gasteiger partial charge in [0.25, 0.3) is 0 Å². The Labute approximate surface area is 547 Å². The van der Waals surface area contributed by atoms with E-state index in [1.54, 1.807) is 31.4 Å². The van der Waals surface area contributed by atoms with Crippen molar-refractivity contribution in [3.63, 3.8) is 0 Å². The molecule has 4 aliphatic heterocycles. The lowest BCUT2D eigenvalue weighted by Crippen LogP contribution is -2.83. The van der Waals surface area contributed by atoms with Gasteiger partial charge >= 0.3 is 0 Å². The highest BCUT2D eigenvalue weighted by Crippen LogP contribution is 2.85. The zero-order chi connectivity index (χ0) is 62.8. The summed E-state index contributed by atoms with van der Waals surface area (Å²) in [5, 5.41) is 71.3. The number of benzene rings is 5. The van der Waals surface area contributed by atoms with Crippen LogP contribution in [0.1, 0.15) is 175 Å². The van der Waals surface area contributed by atoms with E-state index in [1.165, 1.54) is 77.0 Å². The summed E-state index contributed by atoms with van der Waals surface area (Å²) in [6.07, 6.45) is 25.5. The number of methoxy groups -OCH3 is 1. The number of aliphatic hydroxyl groups excluding tert-OH is 2. The highest BCUT2D eigenvalue weighted by atomic mass is 16.5. The number of phenolic OH excluding ortho intramolecular Hbond substituents is 3. The van der Waals surface area contributed by atoms with Gasteiger partial charge in [0.1, 0.15) is 53.0 Å². The van der Waals surface area contributed by atoms with Crippen molar-refractivity contribution in [2.24, 2.45) is 69.5 Å². The Morgan fingerprint density at radius 1 is 0.774 bits per heavy atom. The van der Waals surface area contributed by atoms with Crippen molar-refractivity contribution < 1.29 is 54.0 Å². The molecule has 490 valence electrons. The predicted octanol–water partition coefficient (Wildman–Crippen LogP) is 13.9. The second-order valence-corrected chi connectivity index (χ2v) is 31.6. The summed E-state index contributed by atoms with van der Waals surface area (Å²) in [5.41, 5.74) is 5.57. The van der Waals surface area contributed by atoms with Gasteiger partial charge in [-0.05, 0) is 238 Å². The molecule has 0 aromatic heterocycles. The largest absolute Gasteiger partial charge is 0.508 e. The van der Waals surface area contributed by atoms with Crippen LogP contribution in [-0.4, -0.2) is 94.6 Å². The molecule has 10 fully saturated rings. The molecular formula is C80H94N2O11. The summed E-state index contributed by atoms with van der Waals surface area (Å²) >= 11 is 0. The smallest absolute Gasteiger partial charge is 0.149 e. The third kappa shape index (κ3) is 8.78. The Morgan fingerprint density at radius 2 is 1.65 bits per heavy atom. The molecule has 5 aromatic carbocycles. The summed E-state index contributed by atoms with van der Waals surface area (Å²) in [5.74, 6) is 11.4. The van der Waals surface area contributed by atoms with E-state index in [0.29, 0.717) is 96.5 Å². The molecule has 7 N–H and O–H groups in total. The van der Waals surface area contributed by atoms with Gasteiger partial charge in [0.05, 0.1) is 54.2 Å². The fraction of sp³-hybridized carbons (Fsp3) is 0.600. The SMILES string of the molecule is CCc1cc(-c2cccc(O)c2)c(Cc2cc(OC3CCCC3)cc3c2OC[C@H]([C@@H]2[C@@H](CCCOC)Oc4c5cc(c6cc(O)ccc46)OCC#C[C@@H]4CN[C@]6(CC7(CCCC7)[C@@]78CC[C@]9%10CCC[C@H]9C[C@@H](CC[C@@H]%107)[C@@H]68)N[C@@]46[C@H]4C=C[C@H]([C@H](O)C4)[C@@H]6O[C@@H]52)[C@@H]3O)cc1O. The van der Waals surface area contributed by atoms with E-state index in [1.807, 2.05) is 43.3 Å². The second kappa shape index (κ2) is 22.3. The first kappa shape index (κ1) is 59.5. The van der Waals surface area contributed by atoms with Crippen molar-refractivity contribution in [3.05, 3.63) is 113 Å². The number of aryl methyl sites for hydroxylation is 1. The van der Waals surface area contributed by atoms with Gasteiger partial charge in [0.15, 0.2) is 0 Å². The number of phenols is 3. The van der Waals surface area contributed by atoms with Crippen molar-refractivity contribution in [1.82, 2.24) is 10.6 Å². The van der Waals surface area contributed by atoms with Gasteiger partial charge in [-0.2, -0.15) is 0 Å². The number of rotatable bonds is 11. The molecule has 0 unspecified atom stereocenters. The minimum absolute atomic E-state index is 0.0275. The van der Waals surface area contributed by atoms with Crippen LogP contribution in [0, 0.1) is 81.3 Å². The number of aliphatic hydroxyl groups is 2. The maximum absolute atomic E-state index is 13.9. The number of hydrogen-bond acceptors (Lipinski definition) is 13. The molecule has 4 heterocycles. The van der Waals surface area contributed by atoms with Crippen molar-refractivity contribution in [2.45, 2.75) is 196 Å². The molecule has 20 rings (SSSR count). The van der Waals surface area contributed by atoms with Gasteiger partial charge in [0.2, 0.25) is 0 Å². The fourth-order valence-corrected chi connectivity index (χ4v) is 24.6. The fourth-order valence-electron chi connectivity index (χ4n) is 24.6. The van der Waals surface area contributed by atoms with Gasteiger partial charge in [-0.15, -0.1) is 0 Å². The normalized spacial score (nSPS) is 38.5. The summed E-state index contributed by atoms with van der Waals surface area (Å²) < 4.78 is 43.2. The van der Waals surface area contributed by atoms with Gasteiger partial charge < -0.3 is 54.0 Å². The van der Waals surface area contributed by atoms with Crippen molar-refractivity contribution in [1.29, 1.82) is 0 Å². The molecule has 18 atom stereocenters. The molecule has 0 radical (unpaired) electrons. The Balaban J connectivity index is 0.798. The van der Waals surface area contributed by atoms with E-state index in [-0.39, 0.29) is 70.8 Å². The summed E-state index contributed by atoms with van der Waals surface area (Å²) in [6.45, 7) is 3.50. The standard InChI is InChI=1S/C80H94N2O11/c1-3-45-36-59(46-12-8-15-53(83)34-46)48(37-64(45)85)32-49-35-56(91-55-16-4-5-17-55)40-61-70(87)63(43-90-71(49)61)69-66(18-11-30-88-2)92-72-57-23-21-54(84)39-60(57)67-41-62(72)73(69)93-75-58-22-20-51(38-65(58)86)80(75)52(14-10-31-89-67)42-81-79(82-80)44-76(25-6-7-26-76)78-29-28-77-27-9-13-50(77)33-47(74(78)79)19-24-68(77)78/h8,12,15,20-23,34-37,39-41,47,50-52,55,58,63,65-66,68-70,73-75,81-87H,3-7,9,11,13,16-19,24-33,38,42-44H2,1-2H3/t47-,50+,51+,52-,58-,63-,65-,66-,68+,69-,70-,73+,74-,75+,77-,78+,79-,80+/m1/s1. The molecule has 0 amide bonds. The Hall–Kier alpha value is -5.98. The lowest BCUT2D eigenvalue weighted by Gasteiger charge is -2.66. The molecule has 13 nitrogen and oxygen atoms in total. The maximum atomic E-state index is 13.9. The van der Waals surface area contributed by atoms with Crippen LogP contribution in [-0.2, 0) is 22.3 Å². The third-order valence-electron chi connectivity index (χ3n) is 27.8. The van der Waals surface area contributed by atoms with Crippen LogP contribution in [0.3, 0.4) is 0 Å². The van der Waals surface area contributed by atoms with Gasteiger partial charge in [-0.1, -0.05) is 62.3 Å². The van der Waals surface area contributed by atoms with E-state index in [2.05, 4.69) is 41.4 Å². The number of nitrogens with one attached hydrogen (secondary N) is 2.